The molecule has 0 spiro atoms. The van der Waals surface area contributed by atoms with Gasteiger partial charge < -0.3 is 15.1 Å². The Bertz CT molecular complexity index is 1060. The first kappa shape index (κ1) is 18.1. The standard InChI is InChI=1S/C19H15ClN2O3S/c1-2-17(23)22-19(26)21-12-7-8-13(15(20)10-12)14-9-11-5-3-4-6-16(11)25-18(14)24/h3-10H,2H2,1H3,(H2,21,22,23,26). The summed E-state index contributed by atoms with van der Waals surface area (Å²) in [5, 5.41) is 6.79. The maximum absolute atomic E-state index is 12.3. The Labute approximate surface area is 160 Å². The lowest BCUT2D eigenvalue weighted by Gasteiger charge is -2.11. The molecule has 0 aliphatic rings. The van der Waals surface area contributed by atoms with Crippen molar-refractivity contribution < 1.29 is 9.21 Å². The highest BCUT2D eigenvalue weighted by Crippen LogP contribution is 2.30. The molecule has 1 heterocycles. The summed E-state index contributed by atoms with van der Waals surface area (Å²) in [6.45, 7) is 1.73. The summed E-state index contributed by atoms with van der Waals surface area (Å²) in [5.74, 6) is -0.181. The Kier molecular flexibility index (Phi) is 5.35. The Morgan fingerprint density at radius 3 is 2.65 bits per heavy atom. The van der Waals surface area contributed by atoms with Crippen molar-refractivity contribution in [3.63, 3.8) is 0 Å². The number of hydrogen-bond donors (Lipinski definition) is 2. The van der Waals surface area contributed by atoms with Crippen LogP contribution in [0.1, 0.15) is 13.3 Å². The van der Waals surface area contributed by atoms with Crippen LogP contribution in [-0.2, 0) is 4.79 Å². The number of amides is 1. The molecule has 0 radical (unpaired) electrons. The third-order valence-electron chi connectivity index (χ3n) is 3.73. The number of halogens is 1. The molecule has 26 heavy (non-hydrogen) atoms. The van der Waals surface area contributed by atoms with Gasteiger partial charge in [0, 0.05) is 23.1 Å². The largest absolute Gasteiger partial charge is 0.422 e. The Morgan fingerprint density at radius 2 is 1.92 bits per heavy atom. The minimum Gasteiger partial charge on any atom is -0.422 e. The van der Waals surface area contributed by atoms with Crippen LogP contribution in [0.5, 0.6) is 0 Å². The molecule has 0 atom stereocenters. The number of anilines is 1. The van der Waals surface area contributed by atoms with Crippen molar-refractivity contribution in [3.05, 3.63) is 64.0 Å². The Morgan fingerprint density at radius 1 is 1.15 bits per heavy atom. The zero-order valence-corrected chi connectivity index (χ0v) is 15.4. The highest BCUT2D eigenvalue weighted by molar-refractivity contribution is 7.80. The highest BCUT2D eigenvalue weighted by atomic mass is 35.5. The van der Waals surface area contributed by atoms with E-state index in [0.717, 1.165) is 5.39 Å². The fourth-order valence-electron chi connectivity index (χ4n) is 2.44. The molecule has 0 aliphatic carbocycles. The predicted octanol–water partition coefficient (Wildman–Crippen LogP) is 4.34. The third kappa shape index (κ3) is 3.92. The Balaban J connectivity index is 1.91. The fourth-order valence-corrected chi connectivity index (χ4v) is 2.95. The Hall–Kier alpha value is -2.70. The van der Waals surface area contributed by atoms with Crippen LogP contribution in [0.2, 0.25) is 5.02 Å². The molecule has 0 saturated heterocycles. The van der Waals surface area contributed by atoms with Crippen LogP contribution in [0.15, 0.2) is 57.7 Å². The second kappa shape index (κ2) is 7.68. The van der Waals surface area contributed by atoms with Crippen LogP contribution in [0.3, 0.4) is 0 Å². The number of hydrogen-bond acceptors (Lipinski definition) is 4. The van der Waals surface area contributed by atoms with Gasteiger partial charge in [0.05, 0.1) is 10.6 Å². The van der Waals surface area contributed by atoms with Gasteiger partial charge in [0.15, 0.2) is 5.11 Å². The van der Waals surface area contributed by atoms with E-state index in [1.807, 2.05) is 12.1 Å². The van der Waals surface area contributed by atoms with Crippen molar-refractivity contribution in [1.29, 1.82) is 0 Å². The molecule has 1 aromatic heterocycles. The van der Waals surface area contributed by atoms with Crippen molar-refractivity contribution in [2.45, 2.75) is 13.3 Å². The van der Waals surface area contributed by atoms with Gasteiger partial charge in [-0.15, -0.1) is 0 Å². The molecule has 2 N–H and O–H groups in total. The van der Waals surface area contributed by atoms with E-state index in [9.17, 15) is 9.59 Å². The van der Waals surface area contributed by atoms with Crippen LogP contribution < -0.4 is 16.3 Å². The number of fused-ring (bicyclic) bond motifs is 1. The predicted molar refractivity (Wildman–Crippen MR) is 108 cm³/mol. The van der Waals surface area contributed by atoms with E-state index < -0.39 is 5.63 Å². The first-order chi connectivity index (χ1) is 12.5. The average Bonchev–Trinajstić information content (AvgIpc) is 2.61. The third-order valence-corrected chi connectivity index (χ3v) is 4.25. The van der Waals surface area contributed by atoms with Crippen LogP contribution in [-0.4, -0.2) is 11.0 Å². The monoisotopic (exact) mass is 386 g/mol. The fraction of sp³-hybridized carbons (Fsp3) is 0.105. The molecule has 5 nitrogen and oxygen atoms in total. The van der Waals surface area contributed by atoms with E-state index in [2.05, 4.69) is 10.6 Å². The molecule has 0 fully saturated rings. The summed E-state index contributed by atoms with van der Waals surface area (Å²) in [7, 11) is 0. The first-order valence-corrected chi connectivity index (χ1v) is 8.70. The van der Waals surface area contributed by atoms with Crippen LogP contribution >= 0.6 is 23.8 Å². The average molecular weight is 387 g/mol. The van der Waals surface area contributed by atoms with Crippen LogP contribution in [0, 0.1) is 0 Å². The normalized spacial score (nSPS) is 10.5. The lowest BCUT2D eigenvalue weighted by Crippen LogP contribution is -2.33. The van der Waals surface area contributed by atoms with Crippen molar-refractivity contribution in [3.8, 4) is 11.1 Å². The lowest BCUT2D eigenvalue weighted by molar-refractivity contribution is -0.119. The molecule has 7 heteroatoms. The summed E-state index contributed by atoms with van der Waals surface area (Å²) >= 11 is 11.4. The van der Waals surface area contributed by atoms with Gasteiger partial charge in [0.1, 0.15) is 5.58 Å². The second-order valence-electron chi connectivity index (χ2n) is 5.54. The molecular formula is C19H15ClN2O3S. The highest BCUT2D eigenvalue weighted by Gasteiger charge is 2.12. The second-order valence-corrected chi connectivity index (χ2v) is 6.35. The van der Waals surface area contributed by atoms with E-state index >= 15 is 0 Å². The molecule has 0 unspecified atom stereocenters. The van der Waals surface area contributed by atoms with E-state index in [1.165, 1.54) is 0 Å². The SMILES string of the molecule is CCC(=O)NC(=S)Nc1ccc(-c2cc3ccccc3oc2=O)c(Cl)c1. The summed E-state index contributed by atoms with van der Waals surface area (Å²) in [6, 6.07) is 14.1. The lowest BCUT2D eigenvalue weighted by atomic mass is 10.1. The maximum atomic E-state index is 12.3. The van der Waals surface area contributed by atoms with Gasteiger partial charge in [0.2, 0.25) is 5.91 Å². The van der Waals surface area contributed by atoms with E-state index in [4.69, 9.17) is 28.2 Å². The quantitative estimate of drug-likeness (QED) is 0.517. The van der Waals surface area contributed by atoms with Crippen molar-refractivity contribution >= 4 is 51.5 Å². The molecule has 0 bridgehead atoms. The molecule has 132 valence electrons. The molecule has 0 aliphatic heterocycles. The van der Waals surface area contributed by atoms with Crippen molar-refractivity contribution in [1.82, 2.24) is 5.32 Å². The molecule has 2 aromatic carbocycles. The number of carbonyl (C=O) groups is 1. The van der Waals surface area contributed by atoms with Crippen LogP contribution in [0.25, 0.3) is 22.1 Å². The molecule has 3 rings (SSSR count). The zero-order chi connectivity index (χ0) is 18.7. The van der Waals surface area contributed by atoms with E-state index in [0.29, 0.717) is 33.8 Å². The smallest absolute Gasteiger partial charge is 0.344 e. The van der Waals surface area contributed by atoms with Gasteiger partial charge in [-0.1, -0.05) is 42.8 Å². The minimum absolute atomic E-state index is 0.181. The van der Waals surface area contributed by atoms with Gasteiger partial charge in [-0.05, 0) is 36.5 Å². The van der Waals surface area contributed by atoms with Crippen molar-refractivity contribution in [2.24, 2.45) is 0 Å². The number of thiocarbonyl (C=S) groups is 1. The number of para-hydroxylation sites is 1. The summed E-state index contributed by atoms with van der Waals surface area (Å²) in [4.78, 5) is 23.6. The number of carbonyl (C=O) groups excluding carboxylic acids is 1. The first-order valence-electron chi connectivity index (χ1n) is 7.91. The minimum atomic E-state index is -0.461. The van der Waals surface area contributed by atoms with Gasteiger partial charge >= 0.3 is 5.63 Å². The van der Waals surface area contributed by atoms with Gasteiger partial charge in [-0.2, -0.15) is 0 Å². The topological polar surface area (TPSA) is 71.3 Å². The summed E-state index contributed by atoms with van der Waals surface area (Å²) in [6.07, 6.45) is 0.333. The van der Waals surface area contributed by atoms with Gasteiger partial charge in [-0.3, -0.25) is 4.79 Å². The summed E-state index contributed by atoms with van der Waals surface area (Å²) in [5.41, 5.74) is 1.59. The van der Waals surface area contributed by atoms with Gasteiger partial charge in [-0.25, -0.2) is 4.79 Å². The number of rotatable bonds is 3. The van der Waals surface area contributed by atoms with Crippen molar-refractivity contribution in [2.75, 3.05) is 5.32 Å². The number of nitrogens with one attached hydrogen (secondary N) is 2. The summed E-state index contributed by atoms with van der Waals surface area (Å²) < 4.78 is 5.35. The van der Waals surface area contributed by atoms with Gasteiger partial charge in [0.25, 0.3) is 0 Å². The number of benzene rings is 2. The maximum Gasteiger partial charge on any atom is 0.344 e. The molecule has 1 amide bonds. The molecule has 3 aromatic rings. The van der Waals surface area contributed by atoms with E-state index in [-0.39, 0.29) is 11.0 Å². The molecule has 0 saturated carbocycles. The zero-order valence-electron chi connectivity index (χ0n) is 13.8. The van der Waals surface area contributed by atoms with Crippen LogP contribution in [0.4, 0.5) is 5.69 Å². The molecular weight excluding hydrogens is 372 g/mol. The van der Waals surface area contributed by atoms with E-state index in [1.54, 1.807) is 43.3 Å².